The van der Waals surface area contributed by atoms with E-state index in [-0.39, 0.29) is 23.6 Å². The Morgan fingerprint density at radius 1 is 0.964 bits per heavy atom. The lowest BCUT2D eigenvalue weighted by molar-refractivity contribution is -0.394. The fourth-order valence-corrected chi connectivity index (χ4v) is 8.72. The Kier molecular flexibility index (Phi) is 14.3. The molecule has 1 saturated carbocycles. The molecule has 4 heterocycles. The van der Waals surface area contributed by atoms with E-state index in [2.05, 4.69) is 11.8 Å². The largest absolute Gasteiger partial charge is 0.457 e. The molecule has 0 aromatic rings. The van der Waals surface area contributed by atoms with Crippen LogP contribution in [-0.2, 0) is 52.2 Å². The second-order valence-electron chi connectivity index (χ2n) is 16.6. The molecule has 5 aliphatic rings. The Balaban J connectivity index is 1.45. The summed E-state index contributed by atoms with van der Waals surface area (Å²) in [6.07, 6.45) is -4.25. The highest BCUT2D eigenvalue weighted by molar-refractivity contribution is 6.22. The molecule has 4 aliphatic heterocycles. The number of aliphatic hydroxyl groups is 3. The Morgan fingerprint density at radius 2 is 1.62 bits per heavy atom. The summed E-state index contributed by atoms with van der Waals surface area (Å²) in [7, 11) is 4.34. The topological polar surface area (TPSA) is 178 Å². The summed E-state index contributed by atoms with van der Waals surface area (Å²) in [6, 6.07) is 0. The van der Waals surface area contributed by atoms with Crippen molar-refractivity contribution in [1.82, 2.24) is 0 Å². The van der Waals surface area contributed by atoms with Gasteiger partial charge in [0.2, 0.25) is 0 Å². The van der Waals surface area contributed by atoms with Gasteiger partial charge in [-0.2, -0.15) is 0 Å². The van der Waals surface area contributed by atoms with Crippen LogP contribution in [0.2, 0.25) is 0 Å². The zero-order chi connectivity index (χ0) is 41.5. The van der Waals surface area contributed by atoms with Crippen molar-refractivity contribution >= 4 is 23.4 Å². The number of carbonyl (C=O) groups excluding carboxylic acids is 2. The zero-order valence-corrected chi connectivity index (χ0v) is 35.1. The van der Waals surface area contributed by atoms with Crippen molar-refractivity contribution < 1.29 is 67.5 Å². The van der Waals surface area contributed by atoms with E-state index in [0.717, 1.165) is 12.0 Å². The SMILES string of the molecule is CO[C@@H]1/C=C(\C)C[C@H](/C=C/C#C[C@H]2C[C@@H]2Cl)OC(=O)[C@@H](C)[C@]2(O)C[C@H](O[C@@H]3O[C@@H](C)[C@H](O)[C@@](C)(O[C@@H]4O[C@@H](C)C(=O)[C@@](C)(O)[C@H]4OC)[C@H]3OC)[C@@H](C)[C@@H](O2)[C@@H]1C. The summed E-state index contributed by atoms with van der Waals surface area (Å²) >= 11 is 6.09. The van der Waals surface area contributed by atoms with Gasteiger partial charge in [0.1, 0.15) is 42.0 Å². The summed E-state index contributed by atoms with van der Waals surface area (Å²) in [5, 5.41) is 35.1. The molecule has 15 heteroatoms. The van der Waals surface area contributed by atoms with Crippen LogP contribution in [0.3, 0.4) is 0 Å². The number of cyclic esters (lactones) is 1. The second-order valence-corrected chi connectivity index (χ2v) is 17.1. The van der Waals surface area contributed by atoms with Gasteiger partial charge < -0.3 is 58.0 Å². The number of methoxy groups -OCH3 is 3. The van der Waals surface area contributed by atoms with E-state index in [4.69, 9.17) is 54.2 Å². The number of hydrogen-bond acceptors (Lipinski definition) is 14. The first-order valence-electron chi connectivity index (χ1n) is 19.5. The summed E-state index contributed by atoms with van der Waals surface area (Å²) in [5.74, 6) is 1.08. The minimum absolute atomic E-state index is 0.0676. The van der Waals surface area contributed by atoms with E-state index < -0.39 is 108 Å². The minimum Gasteiger partial charge on any atom is -0.457 e. The average molecular weight is 813 g/mol. The first kappa shape index (κ1) is 45.1. The maximum Gasteiger partial charge on any atom is 0.314 e. The third kappa shape index (κ3) is 9.10. The summed E-state index contributed by atoms with van der Waals surface area (Å²) in [5.41, 5.74) is -2.64. The molecule has 0 radical (unpaired) electrons. The highest BCUT2D eigenvalue weighted by atomic mass is 35.5. The lowest BCUT2D eigenvalue weighted by Crippen LogP contribution is -2.71. The molecule has 4 fully saturated rings. The van der Waals surface area contributed by atoms with Crippen molar-refractivity contribution in [2.24, 2.45) is 23.7 Å². The molecule has 3 N–H and O–H groups in total. The lowest BCUT2D eigenvalue weighted by atomic mass is 9.77. The number of aliphatic hydroxyl groups excluding tert-OH is 1. The van der Waals surface area contributed by atoms with E-state index in [9.17, 15) is 24.9 Å². The van der Waals surface area contributed by atoms with Crippen LogP contribution in [0.15, 0.2) is 23.8 Å². The van der Waals surface area contributed by atoms with Crippen molar-refractivity contribution in [2.75, 3.05) is 21.3 Å². The van der Waals surface area contributed by atoms with Crippen LogP contribution >= 0.6 is 11.6 Å². The normalized spacial score (nSPS) is 49.8. The van der Waals surface area contributed by atoms with E-state index in [1.165, 1.54) is 28.1 Å². The Labute approximate surface area is 335 Å². The van der Waals surface area contributed by atoms with E-state index in [1.807, 2.05) is 26.8 Å². The highest BCUT2D eigenvalue weighted by Gasteiger charge is 2.61. The lowest BCUT2D eigenvalue weighted by Gasteiger charge is -2.54. The first-order chi connectivity index (χ1) is 26.2. The summed E-state index contributed by atoms with van der Waals surface area (Å²) in [6.45, 7) is 13.5. The number of ether oxygens (including phenoxy) is 9. The highest BCUT2D eigenvalue weighted by Crippen LogP contribution is 2.45. The van der Waals surface area contributed by atoms with Crippen molar-refractivity contribution in [3.63, 3.8) is 0 Å². The number of halogens is 1. The molecule has 3 saturated heterocycles. The molecule has 0 unspecified atom stereocenters. The Hall–Kier alpha value is -1.97. The summed E-state index contributed by atoms with van der Waals surface area (Å²) in [4.78, 5) is 26.7. The molecule has 0 aromatic carbocycles. The van der Waals surface area contributed by atoms with Gasteiger partial charge >= 0.3 is 5.97 Å². The third-order valence-corrected chi connectivity index (χ3v) is 12.8. The predicted molar refractivity (Wildman–Crippen MR) is 202 cm³/mol. The molecule has 316 valence electrons. The van der Waals surface area contributed by atoms with Crippen LogP contribution in [0.4, 0.5) is 0 Å². The maximum absolute atomic E-state index is 13.8. The molecule has 0 aromatic heterocycles. The number of allylic oxidation sites excluding steroid dienone is 1. The summed E-state index contributed by atoms with van der Waals surface area (Å²) < 4.78 is 55.3. The molecule has 56 heavy (non-hydrogen) atoms. The Bertz CT molecular complexity index is 1540. The molecular weight excluding hydrogens is 752 g/mol. The smallest absolute Gasteiger partial charge is 0.314 e. The van der Waals surface area contributed by atoms with Crippen LogP contribution in [0.25, 0.3) is 0 Å². The quantitative estimate of drug-likeness (QED) is 0.141. The zero-order valence-electron chi connectivity index (χ0n) is 34.3. The van der Waals surface area contributed by atoms with Gasteiger partial charge in [-0.3, -0.25) is 9.59 Å². The number of rotatable bonds is 8. The van der Waals surface area contributed by atoms with Gasteiger partial charge in [-0.25, -0.2) is 0 Å². The number of esters is 1. The van der Waals surface area contributed by atoms with Crippen LogP contribution < -0.4 is 0 Å². The van der Waals surface area contributed by atoms with Gasteiger partial charge in [0.05, 0.1) is 24.4 Å². The predicted octanol–water partition coefficient (Wildman–Crippen LogP) is 3.20. The van der Waals surface area contributed by atoms with Gasteiger partial charge in [0, 0.05) is 57.3 Å². The molecular formula is C41H61ClO14. The number of Topliss-reactive ketones (excluding diaryl/α,β-unsaturated/α-hetero) is 1. The molecule has 19 atom stereocenters. The van der Waals surface area contributed by atoms with Crippen molar-refractivity contribution in [3.8, 4) is 11.8 Å². The maximum atomic E-state index is 13.8. The fraction of sp³-hybridized carbons (Fsp3) is 0.805. The van der Waals surface area contributed by atoms with Gasteiger partial charge in [-0.1, -0.05) is 37.3 Å². The van der Waals surface area contributed by atoms with Crippen LogP contribution in [0.1, 0.15) is 74.7 Å². The molecule has 5 rings (SSSR count). The van der Waals surface area contributed by atoms with Gasteiger partial charge in [-0.05, 0) is 60.1 Å². The number of carbonyl (C=O) groups is 2. The molecule has 2 bridgehead atoms. The number of hydrogen-bond donors (Lipinski definition) is 3. The molecule has 0 spiro atoms. The van der Waals surface area contributed by atoms with Crippen LogP contribution in [0, 0.1) is 35.5 Å². The number of alkyl halides is 1. The molecule has 1 aliphatic carbocycles. The van der Waals surface area contributed by atoms with Gasteiger partial charge in [-0.15, -0.1) is 11.6 Å². The van der Waals surface area contributed by atoms with E-state index >= 15 is 0 Å². The van der Waals surface area contributed by atoms with Crippen molar-refractivity contribution in [2.45, 2.75) is 165 Å². The Morgan fingerprint density at radius 3 is 2.23 bits per heavy atom. The first-order valence-corrected chi connectivity index (χ1v) is 19.9. The molecule has 0 amide bonds. The van der Waals surface area contributed by atoms with Crippen molar-refractivity contribution in [3.05, 3.63) is 23.8 Å². The third-order valence-electron chi connectivity index (χ3n) is 12.3. The van der Waals surface area contributed by atoms with Gasteiger partial charge in [0.15, 0.2) is 29.8 Å². The fourth-order valence-electron chi connectivity index (χ4n) is 8.46. The van der Waals surface area contributed by atoms with E-state index in [1.54, 1.807) is 40.0 Å². The van der Waals surface area contributed by atoms with Crippen LogP contribution in [0.5, 0.6) is 0 Å². The van der Waals surface area contributed by atoms with Crippen molar-refractivity contribution in [1.29, 1.82) is 0 Å². The standard InChI is InChI=1S/C41H61ClO14/c1-20-16-27(15-13-12-14-26-18-28(26)42)53-36(45)23(4)41(47)19-30(22(3)31(55-41)21(2)29(17-20)48-9)54-37-35(50-11)40(8,33(44)25(6)51-37)56-38-34(49-10)39(7,46)32(43)24(5)52-38/h13,15,17,21-31,33-35,37-38,44,46-47H,16,18-19H2,1-11H3/b15-13+,20-17+/t21-,22-,23-,24+,25+,26+,27+,28+,29-,30+,31+,33+,34+,35+,37+,38+,39-,40-,41+/m1/s1. The second kappa shape index (κ2) is 17.7. The van der Waals surface area contributed by atoms with E-state index in [0.29, 0.717) is 6.42 Å². The monoisotopic (exact) mass is 812 g/mol. The van der Waals surface area contributed by atoms with Gasteiger partial charge in [0.25, 0.3) is 0 Å². The van der Waals surface area contributed by atoms with Crippen LogP contribution in [-0.4, -0.2) is 138 Å². The average Bonchev–Trinajstić information content (AvgIpc) is 3.85. The minimum atomic E-state index is -2.04. The number of fused-ring (bicyclic) bond motifs is 2. The molecule has 14 nitrogen and oxygen atoms in total. The number of ketones is 1.